The van der Waals surface area contributed by atoms with Crippen molar-refractivity contribution in [2.75, 3.05) is 18.2 Å². The van der Waals surface area contributed by atoms with Gasteiger partial charge in [0, 0.05) is 18.8 Å². The van der Waals surface area contributed by atoms with Crippen LogP contribution in [0.1, 0.15) is 12.0 Å². The maximum Gasteiger partial charge on any atom is 0.239 e. The molecule has 2 aromatic rings. The molecule has 0 saturated carbocycles. The summed E-state index contributed by atoms with van der Waals surface area (Å²) < 4.78 is 23.9. The zero-order valence-electron chi connectivity index (χ0n) is 13.9. The lowest BCUT2D eigenvalue weighted by molar-refractivity contribution is -0.132. The number of nitrogens with zero attached hydrogens (tertiary/aromatic N) is 1. The lowest BCUT2D eigenvalue weighted by Gasteiger charge is -2.16. The molecule has 134 valence electrons. The highest BCUT2D eigenvalue weighted by Gasteiger charge is 2.37. The fourth-order valence-electron chi connectivity index (χ4n) is 3.19. The van der Waals surface area contributed by atoms with E-state index in [9.17, 15) is 14.0 Å². The monoisotopic (exact) mass is 356 g/mol. The van der Waals surface area contributed by atoms with Gasteiger partial charge in [-0.25, -0.2) is 4.39 Å². The summed E-state index contributed by atoms with van der Waals surface area (Å²) in [6, 6.07) is 11.3. The summed E-state index contributed by atoms with van der Waals surface area (Å²) in [5, 5.41) is 2.79. The number of rotatable bonds is 4. The predicted octanol–water partition coefficient (Wildman–Crippen LogP) is 2.22. The van der Waals surface area contributed by atoms with Crippen LogP contribution in [0.3, 0.4) is 0 Å². The molecule has 2 aliphatic rings. The third-order valence-corrected chi connectivity index (χ3v) is 4.55. The van der Waals surface area contributed by atoms with Crippen molar-refractivity contribution in [3.63, 3.8) is 0 Å². The van der Waals surface area contributed by atoms with Gasteiger partial charge in [-0.1, -0.05) is 12.1 Å². The predicted molar refractivity (Wildman–Crippen MR) is 91.3 cm³/mol. The van der Waals surface area contributed by atoms with Gasteiger partial charge in [-0.2, -0.15) is 0 Å². The van der Waals surface area contributed by atoms with Crippen LogP contribution in [-0.2, 0) is 16.1 Å². The van der Waals surface area contributed by atoms with Gasteiger partial charge in [0.15, 0.2) is 11.5 Å². The van der Waals surface area contributed by atoms with Crippen molar-refractivity contribution < 1.29 is 23.5 Å². The Bertz CT molecular complexity index is 870. The smallest absolute Gasteiger partial charge is 0.239 e. The Morgan fingerprint density at radius 2 is 2.04 bits per heavy atom. The third-order valence-electron chi connectivity index (χ3n) is 4.55. The number of benzene rings is 2. The minimum Gasteiger partial charge on any atom is -0.454 e. The summed E-state index contributed by atoms with van der Waals surface area (Å²) in [6.45, 7) is 0.876. The Hall–Kier alpha value is -3.09. The van der Waals surface area contributed by atoms with Gasteiger partial charge >= 0.3 is 0 Å². The summed E-state index contributed by atoms with van der Waals surface area (Å²) in [6.07, 6.45) is 0.405. The first kappa shape index (κ1) is 16.4. The van der Waals surface area contributed by atoms with Crippen LogP contribution in [0.4, 0.5) is 10.1 Å². The van der Waals surface area contributed by atoms with Crippen LogP contribution in [0.5, 0.6) is 11.5 Å². The minimum absolute atomic E-state index is 0.192. The number of ether oxygens (including phenoxy) is 2. The Kier molecular flexibility index (Phi) is 4.20. The molecular formula is C19H17FN2O4. The molecule has 0 bridgehead atoms. The van der Waals surface area contributed by atoms with Gasteiger partial charge < -0.3 is 19.7 Å². The van der Waals surface area contributed by atoms with Crippen LogP contribution in [0.15, 0.2) is 42.5 Å². The number of nitrogens with one attached hydrogen (secondary N) is 1. The minimum atomic E-state index is -0.757. The highest BCUT2D eigenvalue weighted by Crippen LogP contribution is 2.32. The normalized spacial score (nSPS) is 18.3. The molecule has 26 heavy (non-hydrogen) atoms. The highest BCUT2D eigenvalue weighted by atomic mass is 19.1. The van der Waals surface area contributed by atoms with E-state index in [1.807, 2.05) is 6.07 Å². The van der Waals surface area contributed by atoms with E-state index in [0.717, 1.165) is 5.56 Å². The van der Waals surface area contributed by atoms with E-state index < -0.39 is 11.7 Å². The average Bonchev–Trinajstić information content (AvgIpc) is 3.25. The molecule has 0 radical (unpaired) electrons. The molecule has 0 spiro atoms. The molecule has 4 rings (SSSR count). The second-order valence-electron chi connectivity index (χ2n) is 6.22. The number of anilines is 1. The van der Waals surface area contributed by atoms with E-state index >= 15 is 0 Å². The number of halogens is 1. The van der Waals surface area contributed by atoms with Gasteiger partial charge in [0.25, 0.3) is 0 Å². The van der Waals surface area contributed by atoms with Gasteiger partial charge in [-0.15, -0.1) is 0 Å². The SMILES string of the molecule is O=C(NCc1ccc2c(c1)OCO2)[C@H]1CCN(c2cccc(F)c2)C1=O. The van der Waals surface area contributed by atoms with Crippen molar-refractivity contribution in [3.8, 4) is 11.5 Å². The molecule has 1 N–H and O–H groups in total. The summed E-state index contributed by atoms with van der Waals surface area (Å²) in [4.78, 5) is 26.4. The number of hydrogen-bond acceptors (Lipinski definition) is 4. The second-order valence-corrected chi connectivity index (χ2v) is 6.22. The molecule has 7 heteroatoms. The van der Waals surface area contributed by atoms with Crippen LogP contribution in [0.25, 0.3) is 0 Å². The molecule has 0 unspecified atom stereocenters. The molecule has 6 nitrogen and oxygen atoms in total. The molecule has 2 amide bonds. The van der Waals surface area contributed by atoms with Gasteiger partial charge in [0.1, 0.15) is 11.7 Å². The molecule has 2 aromatic carbocycles. The molecule has 1 atom stereocenters. The van der Waals surface area contributed by atoms with E-state index in [1.54, 1.807) is 24.3 Å². The topological polar surface area (TPSA) is 67.9 Å². The second kappa shape index (κ2) is 6.67. The van der Waals surface area contributed by atoms with Gasteiger partial charge in [0.2, 0.25) is 18.6 Å². The largest absolute Gasteiger partial charge is 0.454 e. The zero-order valence-corrected chi connectivity index (χ0v) is 13.9. The lowest BCUT2D eigenvalue weighted by Crippen LogP contribution is -2.36. The van der Waals surface area contributed by atoms with Crippen LogP contribution in [0, 0.1) is 11.7 Å². The number of carbonyl (C=O) groups is 2. The summed E-state index contributed by atoms with van der Waals surface area (Å²) in [5.41, 5.74) is 1.33. The Morgan fingerprint density at radius 3 is 2.88 bits per heavy atom. The fraction of sp³-hybridized carbons (Fsp3) is 0.263. The van der Waals surface area contributed by atoms with Crippen LogP contribution in [-0.4, -0.2) is 25.2 Å². The zero-order chi connectivity index (χ0) is 18.1. The van der Waals surface area contributed by atoms with Crippen molar-refractivity contribution in [1.82, 2.24) is 5.32 Å². The molecule has 0 aromatic heterocycles. The number of carbonyl (C=O) groups excluding carboxylic acids is 2. The Balaban J connectivity index is 1.39. The average molecular weight is 356 g/mol. The van der Waals surface area contributed by atoms with Crippen molar-refractivity contribution in [2.24, 2.45) is 5.92 Å². The number of fused-ring (bicyclic) bond motifs is 1. The maximum absolute atomic E-state index is 13.4. The summed E-state index contributed by atoms with van der Waals surface area (Å²) in [5.74, 6) is -0.480. The van der Waals surface area contributed by atoms with Gasteiger partial charge in [-0.3, -0.25) is 9.59 Å². The van der Waals surface area contributed by atoms with E-state index in [1.165, 1.54) is 17.0 Å². The Morgan fingerprint density at radius 1 is 1.19 bits per heavy atom. The van der Waals surface area contributed by atoms with E-state index in [0.29, 0.717) is 36.7 Å². The van der Waals surface area contributed by atoms with Crippen LogP contribution in [0.2, 0.25) is 0 Å². The standard InChI is InChI=1S/C19H17FN2O4/c20-13-2-1-3-14(9-13)22-7-6-15(19(22)24)18(23)21-10-12-4-5-16-17(8-12)26-11-25-16/h1-5,8-9,15H,6-7,10-11H2,(H,21,23)/t15-/m1/s1. The molecule has 1 fully saturated rings. The maximum atomic E-state index is 13.4. The van der Waals surface area contributed by atoms with Gasteiger partial charge in [-0.05, 0) is 42.3 Å². The van der Waals surface area contributed by atoms with Crippen molar-refractivity contribution in [1.29, 1.82) is 0 Å². The fourth-order valence-corrected chi connectivity index (χ4v) is 3.19. The quantitative estimate of drug-likeness (QED) is 0.853. The Labute approximate surface area is 149 Å². The number of amides is 2. The molecule has 2 heterocycles. The van der Waals surface area contributed by atoms with Crippen molar-refractivity contribution in [2.45, 2.75) is 13.0 Å². The lowest BCUT2D eigenvalue weighted by atomic mass is 10.1. The molecule has 2 aliphatic heterocycles. The van der Waals surface area contributed by atoms with Crippen molar-refractivity contribution >= 4 is 17.5 Å². The molecule has 1 saturated heterocycles. The third kappa shape index (κ3) is 3.08. The molecular weight excluding hydrogens is 339 g/mol. The first-order chi connectivity index (χ1) is 12.6. The molecule has 0 aliphatic carbocycles. The first-order valence-corrected chi connectivity index (χ1v) is 8.35. The van der Waals surface area contributed by atoms with Crippen LogP contribution >= 0.6 is 0 Å². The van der Waals surface area contributed by atoms with E-state index in [4.69, 9.17) is 9.47 Å². The van der Waals surface area contributed by atoms with Crippen LogP contribution < -0.4 is 19.7 Å². The summed E-state index contributed by atoms with van der Waals surface area (Å²) >= 11 is 0. The van der Waals surface area contributed by atoms with E-state index in [2.05, 4.69) is 5.32 Å². The van der Waals surface area contributed by atoms with E-state index in [-0.39, 0.29) is 18.6 Å². The van der Waals surface area contributed by atoms with Crippen molar-refractivity contribution in [3.05, 3.63) is 53.8 Å². The number of hydrogen-bond donors (Lipinski definition) is 1. The van der Waals surface area contributed by atoms with Gasteiger partial charge in [0.05, 0.1) is 0 Å². The highest BCUT2D eigenvalue weighted by molar-refractivity contribution is 6.09. The first-order valence-electron chi connectivity index (χ1n) is 8.35. The summed E-state index contributed by atoms with van der Waals surface area (Å²) in [7, 11) is 0.